The Morgan fingerprint density at radius 3 is 2.78 bits per heavy atom. The van der Waals surface area contributed by atoms with Crippen LogP contribution in [0.5, 0.6) is 0 Å². The van der Waals surface area contributed by atoms with E-state index in [-0.39, 0.29) is 23.8 Å². The van der Waals surface area contributed by atoms with Crippen LogP contribution >= 0.6 is 11.8 Å². The average Bonchev–Trinajstić information content (AvgIpc) is 2.52. The number of hydrogen-bond acceptors (Lipinski definition) is 4. The molecule has 1 aliphatic rings. The van der Waals surface area contributed by atoms with Crippen LogP contribution in [-0.4, -0.2) is 21.2 Å². The predicted molar refractivity (Wildman–Crippen MR) is 92.1 cm³/mol. The molecule has 1 N–H and O–H groups in total. The molecule has 2 heterocycles. The van der Waals surface area contributed by atoms with Gasteiger partial charge < -0.3 is 9.88 Å². The minimum atomic E-state index is -0.248. The maximum atomic E-state index is 12.6. The first-order valence-corrected chi connectivity index (χ1v) is 8.60. The number of nitrogens with one attached hydrogen (secondary N) is 1. The molecule has 0 unspecified atom stereocenters. The number of carbonyl (C=O) groups excluding carboxylic acids is 1. The Bertz CT molecular complexity index is 829. The van der Waals surface area contributed by atoms with Crippen molar-refractivity contribution < 1.29 is 4.79 Å². The molecule has 0 fully saturated rings. The maximum absolute atomic E-state index is 12.6. The van der Waals surface area contributed by atoms with E-state index in [1.807, 2.05) is 49.7 Å². The maximum Gasteiger partial charge on any atom is 0.279 e. The quantitative estimate of drug-likeness (QED) is 0.694. The third-order valence-corrected chi connectivity index (χ3v) is 5.05. The highest BCUT2D eigenvalue weighted by Crippen LogP contribution is 2.36. The van der Waals surface area contributed by atoms with E-state index in [9.17, 15) is 9.59 Å². The lowest BCUT2D eigenvalue weighted by Crippen LogP contribution is -2.33. The number of aromatic nitrogens is 2. The van der Waals surface area contributed by atoms with E-state index in [4.69, 9.17) is 0 Å². The zero-order valence-corrected chi connectivity index (χ0v) is 14.2. The summed E-state index contributed by atoms with van der Waals surface area (Å²) in [6, 6.07) is 7.88. The van der Waals surface area contributed by atoms with Gasteiger partial charge in [0.1, 0.15) is 5.82 Å². The van der Waals surface area contributed by atoms with Crippen molar-refractivity contribution >= 4 is 23.5 Å². The molecule has 1 amide bonds. The highest BCUT2D eigenvalue weighted by Gasteiger charge is 2.32. The van der Waals surface area contributed by atoms with E-state index < -0.39 is 0 Å². The van der Waals surface area contributed by atoms with Crippen molar-refractivity contribution in [1.29, 1.82) is 0 Å². The number of anilines is 1. The second-order valence-electron chi connectivity index (χ2n) is 5.62. The molecule has 0 bridgehead atoms. The Labute approximate surface area is 139 Å². The molecular weight excluding hydrogens is 310 g/mol. The van der Waals surface area contributed by atoms with Gasteiger partial charge in [-0.1, -0.05) is 43.0 Å². The second-order valence-corrected chi connectivity index (χ2v) is 6.85. The van der Waals surface area contributed by atoms with Crippen molar-refractivity contribution in [2.24, 2.45) is 7.05 Å². The first-order chi connectivity index (χ1) is 11.0. The summed E-state index contributed by atoms with van der Waals surface area (Å²) in [7, 11) is 1.84. The molecule has 1 aromatic carbocycles. The Kier molecular flexibility index (Phi) is 4.26. The van der Waals surface area contributed by atoms with Crippen molar-refractivity contribution in [3.05, 3.63) is 51.3 Å². The van der Waals surface area contributed by atoms with Crippen LogP contribution in [0.2, 0.25) is 0 Å². The van der Waals surface area contributed by atoms with Gasteiger partial charge in [0.05, 0.1) is 5.56 Å². The largest absolute Gasteiger partial charge is 0.312 e. The summed E-state index contributed by atoms with van der Waals surface area (Å²) in [5, 5.41) is 3.48. The average molecular weight is 329 g/mol. The lowest BCUT2D eigenvalue weighted by atomic mass is 9.84. The molecule has 2 aromatic rings. The number of aryl methyl sites for hydroxylation is 1. The summed E-state index contributed by atoms with van der Waals surface area (Å²) in [6.45, 7) is 4.01. The van der Waals surface area contributed by atoms with Gasteiger partial charge >= 0.3 is 0 Å². The molecule has 6 heteroatoms. The van der Waals surface area contributed by atoms with Crippen molar-refractivity contribution in [2.75, 3.05) is 11.1 Å². The number of thioether (sulfide) groups is 1. The van der Waals surface area contributed by atoms with Gasteiger partial charge in [-0.15, -0.1) is 0 Å². The van der Waals surface area contributed by atoms with E-state index in [1.165, 1.54) is 11.8 Å². The van der Waals surface area contributed by atoms with Gasteiger partial charge in [0.25, 0.3) is 5.56 Å². The van der Waals surface area contributed by atoms with Gasteiger partial charge in [0, 0.05) is 19.4 Å². The van der Waals surface area contributed by atoms with Crippen molar-refractivity contribution in [3.63, 3.8) is 0 Å². The molecular formula is C17H19N3O2S. The first-order valence-electron chi connectivity index (χ1n) is 7.62. The second kappa shape index (κ2) is 6.20. The zero-order valence-electron chi connectivity index (χ0n) is 13.4. The molecule has 0 saturated heterocycles. The van der Waals surface area contributed by atoms with Gasteiger partial charge in [-0.05, 0) is 23.8 Å². The molecule has 0 radical (unpaired) electrons. The van der Waals surface area contributed by atoms with Crippen LogP contribution in [0.25, 0.3) is 0 Å². The van der Waals surface area contributed by atoms with Crippen LogP contribution in [0.3, 0.4) is 0 Å². The van der Waals surface area contributed by atoms with E-state index in [0.717, 1.165) is 16.9 Å². The fourth-order valence-electron chi connectivity index (χ4n) is 3.04. The molecule has 5 nitrogen and oxygen atoms in total. The Balaban J connectivity index is 2.23. The predicted octanol–water partition coefficient (Wildman–Crippen LogP) is 2.67. The molecule has 1 aromatic heterocycles. The lowest BCUT2D eigenvalue weighted by Gasteiger charge is -2.28. The van der Waals surface area contributed by atoms with Crippen LogP contribution in [-0.2, 0) is 11.8 Å². The topological polar surface area (TPSA) is 64.0 Å². The van der Waals surface area contributed by atoms with Gasteiger partial charge in [-0.25, -0.2) is 0 Å². The minimum Gasteiger partial charge on any atom is -0.312 e. The number of hydrogen-bond donors (Lipinski definition) is 1. The van der Waals surface area contributed by atoms with E-state index in [1.54, 1.807) is 0 Å². The van der Waals surface area contributed by atoms with Gasteiger partial charge in [0.15, 0.2) is 5.16 Å². The van der Waals surface area contributed by atoms with Crippen molar-refractivity contribution in [1.82, 2.24) is 9.55 Å². The zero-order chi connectivity index (χ0) is 16.6. The summed E-state index contributed by atoms with van der Waals surface area (Å²) in [5.74, 6) is 1.07. The Morgan fingerprint density at radius 1 is 1.35 bits per heavy atom. The summed E-state index contributed by atoms with van der Waals surface area (Å²) in [5.41, 5.74) is 2.43. The van der Waals surface area contributed by atoms with E-state index >= 15 is 0 Å². The van der Waals surface area contributed by atoms with Crippen molar-refractivity contribution in [2.45, 2.75) is 31.3 Å². The molecule has 23 heavy (non-hydrogen) atoms. The van der Waals surface area contributed by atoms with Crippen LogP contribution in [0.4, 0.5) is 5.82 Å². The van der Waals surface area contributed by atoms with Crippen molar-refractivity contribution in [3.8, 4) is 0 Å². The fraction of sp³-hybridized carbons (Fsp3) is 0.353. The molecule has 0 saturated carbocycles. The molecule has 1 atom stereocenters. The lowest BCUT2D eigenvalue weighted by molar-refractivity contribution is -0.116. The van der Waals surface area contributed by atoms with Crippen LogP contribution < -0.4 is 10.9 Å². The third-order valence-electron chi connectivity index (χ3n) is 4.14. The SMILES string of the molecule is CCSc1nc(=O)c2c(n1C)NC(=O)C[C@@H]2c1ccccc1C. The van der Waals surface area contributed by atoms with E-state index in [2.05, 4.69) is 10.3 Å². The number of nitrogens with zero attached hydrogens (tertiary/aromatic N) is 2. The standard InChI is InChI=1S/C17H19N3O2S/c1-4-23-17-19-16(22)14-12(11-8-6-5-7-10(11)2)9-13(21)18-15(14)20(17)3/h5-8,12H,4,9H2,1-3H3,(H,18,21)/t12-/m1/s1. The summed E-state index contributed by atoms with van der Waals surface area (Å²) >= 11 is 1.49. The number of benzene rings is 1. The normalized spacial score (nSPS) is 16.8. The summed E-state index contributed by atoms with van der Waals surface area (Å²) in [4.78, 5) is 29.0. The minimum absolute atomic E-state index is 0.0700. The van der Waals surface area contributed by atoms with E-state index in [0.29, 0.717) is 16.5 Å². The highest BCUT2D eigenvalue weighted by molar-refractivity contribution is 7.99. The van der Waals surface area contributed by atoms with Crippen LogP contribution in [0, 0.1) is 6.92 Å². The summed E-state index contributed by atoms with van der Waals surface area (Å²) in [6.07, 6.45) is 0.273. The monoisotopic (exact) mass is 329 g/mol. The highest BCUT2D eigenvalue weighted by atomic mass is 32.2. The molecule has 0 spiro atoms. The number of fused-ring (bicyclic) bond motifs is 1. The van der Waals surface area contributed by atoms with Gasteiger partial charge in [-0.3, -0.25) is 9.59 Å². The number of rotatable bonds is 3. The summed E-state index contributed by atoms with van der Waals surface area (Å²) < 4.78 is 1.81. The van der Waals surface area contributed by atoms with Crippen LogP contribution in [0.15, 0.2) is 34.2 Å². The molecule has 120 valence electrons. The number of amides is 1. The third kappa shape index (κ3) is 2.79. The Morgan fingerprint density at radius 2 is 2.09 bits per heavy atom. The molecule has 0 aliphatic carbocycles. The van der Waals surface area contributed by atoms with Gasteiger partial charge in [-0.2, -0.15) is 4.98 Å². The van der Waals surface area contributed by atoms with Crippen LogP contribution in [0.1, 0.15) is 36.0 Å². The fourth-order valence-corrected chi connectivity index (χ4v) is 3.73. The first kappa shape index (κ1) is 15.8. The molecule has 3 rings (SSSR count). The molecule has 1 aliphatic heterocycles. The smallest absolute Gasteiger partial charge is 0.279 e. The number of carbonyl (C=O) groups is 1. The Hall–Kier alpha value is -2.08. The van der Waals surface area contributed by atoms with Gasteiger partial charge in [0.2, 0.25) is 5.91 Å².